The molecule has 2 heterocycles. The molecule has 0 aromatic carbocycles. The minimum Gasteiger partial charge on any atom is -0.394 e. The van der Waals surface area contributed by atoms with Crippen LogP contribution in [0.4, 0.5) is 0 Å². The van der Waals surface area contributed by atoms with E-state index in [-0.39, 0.29) is 72.3 Å². The summed E-state index contributed by atoms with van der Waals surface area (Å²) in [6.07, 6.45) is -14.5. The highest BCUT2D eigenvalue weighted by Gasteiger charge is 2.51. The Hall–Kier alpha value is -1.25. The maximum Gasteiger partial charge on any atom is 0.220 e. The van der Waals surface area contributed by atoms with Crippen LogP contribution in [0, 0.1) is 5.92 Å². The highest BCUT2D eigenvalue weighted by Crippen LogP contribution is 2.32. The molecule has 2 saturated heterocycles. The number of aliphatic hydroxyl groups excluding tert-OH is 8. The lowest BCUT2D eigenvalue weighted by Crippen LogP contribution is -2.69. The average molecular weight is 748 g/mol. The fourth-order valence-corrected chi connectivity index (χ4v) is 5.76. The van der Waals surface area contributed by atoms with Crippen LogP contribution in [0.15, 0.2) is 0 Å². The molecule has 2 rings (SSSR count). The van der Waals surface area contributed by atoms with Gasteiger partial charge in [-0.1, -0.05) is 13.8 Å². The van der Waals surface area contributed by atoms with Gasteiger partial charge in [0.15, 0.2) is 18.9 Å². The summed E-state index contributed by atoms with van der Waals surface area (Å²) in [6.45, 7) is 3.42. The molecule has 12 N–H and O–H groups in total. The molecule has 0 aromatic heterocycles. The van der Waals surface area contributed by atoms with Crippen molar-refractivity contribution in [2.45, 2.75) is 120 Å². The molecule has 2 aliphatic rings. The summed E-state index contributed by atoms with van der Waals surface area (Å²) >= 11 is 0. The molecule has 51 heavy (non-hydrogen) atoms. The Bertz CT molecular complexity index is 944. The van der Waals surface area contributed by atoms with Crippen LogP contribution in [0.5, 0.6) is 0 Å². The number of methoxy groups -OCH3 is 1. The first kappa shape index (κ1) is 45.9. The smallest absolute Gasteiger partial charge is 0.220 e. The zero-order valence-corrected chi connectivity index (χ0v) is 29.8. The Labute approximate surface area is 298 Å². The van der Waals surface area contributed by atoms with E-state index in [9.17, 15) is 35.4 Å². The maximum atomic E-state index is 12.3. The van der Waals surface area contributed by atoms with E-state index in [1.807, 2.05) is 0 Å². The molecule has 15 atom stereocenters. The van der Waals surface area contributed by atoms with Crippen molar-refractivity contribution >= 4 is 5.91 Å². The van der Waals surface area contributed by atoms with Gasteiger partial charge >= 0.3 is 0 Å². The molecule has 20 nitrogen and oxygen atoms in total. The Kier molecular flexibility index (Phi) is 21.8. The lowest BCUT2D eigenvalue weighted by Gasteiger charge is -2.49. The van der Waals surface area contributed by atoms with Gasteiger partial charge in [0.25, 0.3) is 0 Å². The first-order valence-electron chi connectivity index (χ1n) is 17.3. The number of amides is 1. The molecule has 0 bridgehead atoms. The number of carbonyl (C=O) groups is 1. The molecule has 0 radical (unpaired) electrons. The lowest BCUT2D eigenvalue weighted by atomic mass is 9.89. The van der Waals surface area contributed by atoms with Crippen molar-refractivity contribution in [3.63, 3.8) is 0 Å². The van der Waals surface area contributed by atoms with Gasteiger partial charge in [0.1, 0.15) is 36.7 Å². The van der Waals surface area contributed by atoms with Gasteiger partial charge in [-0.3, -0.25) is 10.1 Å². The second-order valence-corrected chi connectivity index (χ2v) is 12.4. The Morgan fingerprint density at radius 2 is 1.47 bits per heavy atom. The molecule has 2 fully saturated rings. The van der Waals surface area contributed by atoms with Crippen LogP contribution in [0.2, 0.25) is 0 Å². The van der Waals surface area contributed by atoms with Crippen molar-refractivity contribution in [1.29, 1.82) is 0 Å². The summed E-state index contributed by atoms with van der Waals surface area (Å²) < 4.78 is 46.1. The first-order chi connectivity index (χ1) is 24.3. The SMILES string of the molecule is CCC(=O)NC([C@@H](O)OC)[C@H](O)[C@H](CCOCCO)O[C@@H]1OC(COCCO)[C@H](O[C@@H]2OC(COCCO)[C@H](C)[C@@H](O)C2N)[C@@H](O)C1NC(C)O. The normalized spacial score (nSPS) is 33.0. The van der Waals surface area contributed by atoms with Crippen molar-refractivity contribution in [3.8, 4) is 0 Å². The summed E-state index contributed by atoms with van der Waals surface area (Å²) in [5.41, 5.74) is 6.31. The third-order valence-corrected chi connectivity index (χ3v) is 8.61. The Morgan fingerprint density at radius 3 is 2.04 bits per heavy atom. The van der Waals surface area contributed by atoms with Crippen LogP contribution in [0.1, 0.15) is 33.6 Å². The van der Waals surface area contributed by atoms with Gasteiger partial charge in [-0.05, 0) is 13.3 Å². The van der Waals surface area contributed by atoms with Crippen LogP contribution in [0.3, 0.4) is 0 Å². The number of hydrogen-bond acceptors (Lipinski definition) is 19. The number of carbonyl (C=O) groups excluding carboxylic acids is 1. The topological polar surface area (TPSA) is 303 Å². The number of hydrogen-bond donors (Lipinski definition) is 11. The summed E-state index contributed by atoms with van der Waals surface area (Å²) in [6, 6.07) is -3.76. The molecular weight excluding hydrogens is 686 g/mol. The zero-order valence-electron chi connectivity index (χ0n) is 29.8. The summed E-state index contributed by atoms with van der Waals surface area (Å²) in [7, 11) is 1.18. The number of nitrogens with two attached hydrogens (primary N) is 1. The minimum absolute atomic E-state index is 0.00343. The highest BCUT2D eigenvalue weighted by molar-refractivity contribution is 5.75. The molecule has 20 heteroatoms. The summed E-state index contributed by atoms with van der Waals surface area (Å²) in [4.78, 5) is 12.3. The summed E-state index contributed by atoms with van der Waals surface area (Å²) in [5.74, 6) is -0.987. The standard InChI is InChI=1S/C31H61N3O17/c1-5-21(39)34-23(29(43)44-4)26(41)18(6-10-45-11-7-35)48-31-24(33-17(3)38)27(42)28(20(50-31)15-47-13-9-37)51-30-22(32)25(40)16(2)19(49-30)14-46-12-8-36/h16-20,22-31,33,35-38,40-43H,5-15,32H2,1-4H3,(H,34,39)/t16-,17?,18-,19?,20?,22?,23?,24?,25+,26+,27-,28-,29-,30-,31+/m0/s1. The predicted octanol–water partition coefficient (Wildman–Crippen LogP) is -5.17. The van der Waals surface area contributed by atoms with Crippen LogP contribution < -0.4 is 16.4 Å². The average Bonchev–Trinajstić information content (AvgIpc) is 3.11. The first-order valence-corrected chi connectivity index (χ1v) is 17.3. The van der Waals surface area contributed by atoms with Gasteiger partial charge in [0.05, 0.1) is 83.3 Å². The van der Waals surface area contributed by atoms with Crippen molar-refractivity contribution in [1.82, 2.24) is 10.6 Å². The van der Waals surface area contributed by atoms with Gasteiger partial charge in [-0.25, -0.2) is 0 Å². The molecule has 0 saturated carbocycles. The van der Waals surface area contributed by atoms with Crippen LogP contribution in [-0.4, -0.2) is 199 Å². The van der Waals surface area contributed by atoms with Crippen molar-refractivity contribution in [2.75, 3.05) is 66.6 Å². The Morgan fingerprint density at radius 1 is 0.882 bits per heavy atom. The maximum absolute atomic E-state index is 12.3. The number of aliphatic hydroxyl groups is 8. The van der Waals surface area contributed by atoms with Gasteiger partial charge < -0.3 is 89.8 Å². The van der Waals surface area contributed by atoms with Gasteiger partial charge in [0.2, 0.25) is 5.91 Å². The van der Waals surface area contributed by atoms with E-state index in [1.54, 1.807) is 13.8 Å². The second kappa shape index (κ2) is 24.2. The van der Waals surface area contributed by atoms with E-state index in [0.717, 1.165) is 0 Å². The van der Waals surface area contributed by atoms with Crippen molar-refractivity contribution in [3.05, 3.63) is 0 Å². The minimum atomic E-state index is -1.67. The monoisotopic (exact) mass is 747 g/mol. The van der Waals surface area contributed by atoms with Crippen molar-refractivity contribution in [2.24, 2.45) is 11.7 Å². The van der Waals surface area contributed by atoms with Gasteiger partial charge in [-0.2, -0.15) is 0 Å². The van der Waals surface area contributed by atoms with Gasteiger partial charge in [0, 0.05) is 26.1 Å². The van der Waals surface area contributed by atoms with Crippen LogP contribution >= 0.6 is 0 Å². The molecular formula is C31H61N3O17. The van der Waals surface area contributed by atoms with E-state index >= 15 is 0 Å². The highest BCUT2D eigenvalue weighted by atomic mass is 16.7. The van der Waals surface area contributed by atoms with E-state index in [1.165, 1.54) is 14.0 Å². The molecule has 6 unspecified atom stereocenters. The summed E-state index contributed by atoms with van der Waals surface area (Å²) in [5, 5.41) is 88.1. The van der Waals surface area contributed by atoms with Gasteiger partial charge in [-0.15, -0.1) is 0 Å². The number of nitrogens with one attached hydrogen (secondary N) is 2. The largest absolute Gasteiger partial charge is 0.394 e. The molecule has 2 aliphatic heterocycles. The molecule has 0 aromatic rings. The third kappa shape index (κ3) is 14.2. The quantitative estimate of drug-likeness (QED) is 0.0307. The fraction of sp³-hybridized carbons (Fsp3) is 0.968. The Balaban J connectivity index is 2.45. The van der Waals surface area contributed by atoms with Crippen LogP contribution in [0.25, 0.3) is 0 Å². The number of rotatable bonds is 25. The molecule has 302 valence electrons. The van der Waals surface area contributed by atoms with E-state index < -0.39 is 97.8 Å². The van der Waals surface area contributed by atoms with Crippen LogP contribution in [-0.2, 0) is 42.7 Å². The molecule has 1 amide bonds. The molecule has 0 aliphatic carbocycles. The predicted molar refractivity (Wildman–Crippen MR) is 174 cm³/mol. The zero-order chi connectivity index (χ0) is 38.1. The van der Waals surface area contributed by atoms with E-state index in [2.05, 4.69) is 10.6 Å². The lowest BCUT2D eigenvalue weighted by molar-refractivity contribution is -0.338. The van der Waals surface area contributed by atoms with Crippen molar-refractivity contribution < 1.29 is 83.5 Å². The second-order valence-electron chi connectivity index (χ2n) is 12.4. The van der Waals surface area contributed by atoms with E-state index in [4.69, 9.17) is 53.8 Å². The fourth-order valence-electron chi connectivity index (χ4n) is 5.76. The third-order valence-electron chi connectivity index (χ3n) is 8.61. The number of ether oxygens (including phenoxy) is 8. The molecule has 0 spiro atoms. The van der Waals surface area contributed by atoms with E-state index in [0.29, 0.717) is 0 Å².